The van der Waals surface area contributed by atoms with Crippen molar-refractivity contribution >= 4 is 17.3 Å². The Labute approximate surface area is 209 Å². The summed E-state index contributed by atoms with van der Waals surface area (Å²) in [6, 6.07) is 16.7. The Morgan fingerprint density at radius 3 is 1.71 bits per heavy atom. The van der Waals surface area contributed by atoms with Crippen molar-refractivity contribution in [3.8, 4) is 11.8 Å². The summed E-state index contributed by atoms with van der Waals surface area (Å²) in [7, 11) is 0. The van der Waals surface area contributed by atoms with Gasteiger partial charge in [0, 0.05) is 5.57 Å². The zero-order chi connectivity index (χ0) is 25.1. The van der Waals surface area contributed by atoms with Crippen molar-refractivity contribution < 1.29 is 14.3 Å². The number of hydrogen-bond acceptors (Lipinski definition) is 6. The van der Waals surface area contributed by atoms with E-state index in [4.69, 9.17) is 14.7 Å². The van der Waals surface area contributed by atoms with Crippen LogP contribution in [0, 0.1) is 11.3 Å². The molecule has 2 aromatic carbocycles. The topological polar surface area (TPSA) is 84.0 Å². The summed E-state index contributed by atoms with van der Waals surface area (Å²) in [6.45, 7) is 6.47. The first kappa shape index (κ1) is 27.8. The molecule has 35 heavy (non-hydrogen) atoms. The van der Waals surface area contributed by atoms with Crippen LogP contribution in [0.4, 0.5) is 11.4 Å². The van der Waals surface area contributed by atoms with E-state index >= 15 is 0 Å². The van der Waals surface area contributed by atoms with E-state index in [1.807, 2.05) is 24.3 Å². The maximum Gasteiger partial charge on any atom is 0.333 e. The highest BCUT2D eigenvalue weighted by molar-refractivity contribution is 5.86. The molecule has 0 aliphatic rings. The lowest BCUT2D eigenvalue weighted by atomic mass is 10.1. The summed E-state index contributed by atoms with van der Waals surface area (Å²) >= 11 is 0. The molecule has 0 aliphatic heterocycles. The fourth-order valence-electron chi connectivity index (χ4n) is 3.42. The van der Waals surface area contributed by atoms with Crippen LogP contribution in [-0.2, 0) is 9.53 Å². The number of carbonyl (C=O) groups excluding carboxylic acids is 1. The molecule has 6 heteroatoms. The summed E-state index contributed by atoms with van der Waals surface area (Å²) in [5, 5.41) is 17.2. The van der Waals surface area contributed by atoms with Gasteiger partial charge in [-0.25, -0.2) is 4.79 Å². The number of hydrogen-bond donors (Lipinski definition) is 0. The number of esters is 1. The third kappa shape index (κ3) is 12.5. The van der Waals surface area contributed by atoms with Crippen molar-refractivity contribution in [2.75, 3.05) is 13.2 Å². The molecular weight excluding hydrogens is 438 g/mol. The van der Waals surface area contributed by atoms with Crippen molar-refractivity contribution in [1.29, 1.82) is 5.26 Å². The number of rotatable bonds is 17. The van der Waals surface area contributed by atoms with E-state index < -0.39 is 0 Å². The van der Waals surface area contributed by atoms with Gasteiger partial charge < -0.3 is 9.47 Å². The number of unbranched alkanes of at least 4 members (excludes halogenated alkanes) is 9. The Kier molecular flexibility index (Phi) is 13.5. The minimum atomic E-state index is -0.284. The fraction of sp³-hybridized carbons (Fsp3) is 0.448. The molecule has 0 heterocycles. The summed E-state index contributed by atoms with van der Waals surface area (Å²) in [5.41, 5.74) is 2.54. The third-order valence-corrected chi connectivity index (χ3v) is 5.50. The highest BCUT2D eigenvalue weighted by atomic mass is 16.5. The standard InChI is InChI=1S/C29H37N3O3/c1-24(2)29(33)35-22-12-10-8-6-4-3-5-7-9-11-21-34-28-19-17-27(18-20-28)32-31-26-15-13-25(23-30)14-16-26/h13-20H,1,3-12,21-22H2,2H3. The zero-order valence-corrected chi connectivity index (χ0v) is 20.9. The molecule has 0 fully saturated rings. The molecule has 0 radical (unpaired) electrons. The SMILES string of the molecule is C=C(C)C(=O)OCCCCCCCCCCCCOc1ccc(N=Nc2ccc(C#N)cc2)cc1. The summed E-state index contributed by atoms with van der Waals surface area (Å²) in [6.07, 6.45) is 11.8. The quantitative estimate of drug-likeness (QED) is 0.0995. The second kappa shape index (κ2) is 17.0. The van der Waals surface area contributed by atoms with E-state index in [0.717, 1.165) is 37.3 Å². The first-order valence-corrected chi connectivity index (χ1v) is 12.6. The van der Waals surface area contributed by atoms with Crippen LogP contribution >= 0.6 is 0 Å². The average Bonchev–Trinajstić information content (AvgIpc) is 2.88. The molecule has 0 bridgehead atoms. The van der Waals surface area contributed by atoms with Gasteiger partial charge in [-0.05, 0) is 68.3 Å². The monoisotopic (exact) mass is 475 g/mol. The van der Waals surface area contributed by atoms with Crippen LogP contribution < -0.4 is 4.74 Å². The smallest absolute Gasteiger partial charge is 0.333 e. The van der Waals surface area contributed by atoms with Gasteiger partial charge in [0.2, 0.25) is 0 Å². The maximum absolute atomic E-state index is 11.3. The number of nitriles is 1. The molecular formula is C29H37N3O3. The van der Waals surface area contributed by atoms with E-state index in [1.54, 1.807) is 31.2 Å². The average molecular weight is 476 g/mol. The first-order chi connectivity index (χ1) is 17.1. The molecule has 0 unspecified atom stereocenters. The Bertz CT molecular complexity index is 960. The van der Waals surface area contributed by atoms with Gasteiger partial charge in [-0.1, -0.05) is 57.9 Å². The summed E-state index contributed by atoms with van der Waals surface area (Å²) < 4.78 is 10.9. The van der Waals surface area contributed by atoms with Crippen molar-refractivity contribution in [2.24, 2.45) is 10.2 Å². The Morgan fingerprint density at radius 2 is 1.23 bits per heavy atom. The summed E-state index contributed by atoms with van der Waals surface area (Å²) in [5.74, 6) is 0.560. The first-order valence-electron chi connectivity index (χ1n) is 12.6. The molecule has 0 atom stereocenters. The van der Waals surface area contributed by atoms with Gasteiger partial charge in [0.25, 0.3) is 0 Å². The van der Waals surface area contributed by atoms with E-state index in [2.05, 4.69) is 22.9 Å². The molecule has 0 spiro atoms. The second-order valence-electron chi connectivity index (χ2n) is 8.65. The van der Waals surface area contributed by atoms with Crippen molar-refractivity contribution in [1.82, 2.24) is 0 Å². The van der Waals surface area contributed by atoms with Gasteiger partial charge in [0.05, 0.1) is 36.2 Å². The lowest BCUT2D eigenvalue weighted by molar-refractivity contribution is -0.139. The van der Waals surface area contributed by atoms with Crippen LogP contribution in [0.1, 0.15) is 76.7 Å². The minimum absolute atomic E-state index is 0.284. The van der Waals surface area contributed by atoms with Gasteiger partial charge in [-0.2, -0.15) is 15.5 Å². The minimum Gasteiger partial charge on any atom is -0.494 e. The number of benzene rings is 2. The molecule has 0 amide bonds. The van der Waals surface area contributed by atoms with Crippen molar-refractivity contribution in [3.63, 3.8) is 0 Å². The number of carbonyl (C=O) groups is 1. The molecule has 0 aliphatic carbocycles. The van der Waals surface area contributed by atoms with Gasteiger partial charge in [0.15, 0.2) is 0 Å². The molecule has 0 saturated heterocycles. The Hall–Kier alpha value is -3.46. The number of nitrogens with zero attached hydrogens (tertiary/aromatic N) is 3. The largest absolute Gasteiger partial charge is 0.494 e. The Morgan fingerprint density at radius 1 is 0.771 bits per heavy atom. The number of azo groups is 1. The van der Waals surface area contributed by atoms with Gasteiger partial charge in [0.1, 0.15) is 5.75 Å². The molecule has 6 nitrogen and oxygen atoms in total. The fourth-order valence-corrected chi connectivity index (χ4v) is 3.42. The highest BCUT2D eigenvalue weighted by Crippen LogP contribution is 2.22. The van der Waals surface area contributed by atoms with Gasteiger partial charge >= 0.3 is 5.97 Å². The van der Waals surface area contributed by atoms with Crippen LogP contribution in [0.3, 0.4) is 0 Å². The molecule has 0 saturated carbocycles. The third-order valence-electron chi connectivity index (χ3n) is 5.50. The molecule has 0 aromatic heterocycles. The van der Waals surface area contributed by atoms with Crippen LogP contribution in [-0.4, -0.2) is 19.2 Å². The molecule has 186 valence electrons. The van der Waals surface area contributed by atoms with Crippen LogP contribution in [0.25, 0.3) is 0 Å². The maximum atomic E-state index is 11.3. The van der Waals surface area contributed by atoms with Crippen molar-refractivity contribution in [2.45, 2.75) is 71.1 Å². The second-order valence-corrected chi connectivity index (χ2v) is 8.65. The van der Waals surface area contributed by atoms with E-state index in [0.29, 0.717) is 23.4 Å². The van der Waals surface area contributed by atoms with E-state index in [9.17, 15) is 4.79 Å². The van der Waals surface area contributed by atoms with Gasteiger partial charge in [-0.3, -0.25) is 0 Å². The zero-order valence-electron chi connectivity index (χ0n) is 20.9. The lowest BCUT2D eigenvalue weighted by Gasteiger charge is -2.06. The van der Waals surface area contributed by atoms with Gasteiger partial charge in [-0.15, -0.1) is 0 Å². The van der Waals surface area contributed by atoms with Crippen LogP contribution in [0.5, 0.6) is 5.75 Å². The molecule has 2 rings (SSSR count). The van der Waals surface area contributed by atoms with Crippen molar-refractivity contribution in [3.05, 3.63) is 66.2 Å². The predicted molar refractivity (Wildman–Crippen MR) is 139 cm³/mol. The predicted octanol–water partition coefficient (Wildman–Crippen LogP) is 8.37. The summed E-state index contributed by atoms with van der Waals surface area (Å²) in [4.78, 5) is 11.3. The molecule has 0 N–H and O–H groups in total. The number of ether oxygens (including phenoxy) is 2. The van der Waals surface area contributed by atoms with Crippen LogP contribution in [0.15, 0.2) is 70.9 Å². The lowest BCUT2D eigenvalue weighted by Crippen LogP contribution is -2.05. The normalized spacial score (nSPS) is 10.7. The van der Waals surface area contributed by atoms with E-state index in [1.165, 1.54) is 44.9 Å². The molecule has 2 aromatic rings. The van der Waals surface area contributed by atoms with Crippen LogP contribution in [0.2, 0.25) is 0 Å². The highest BCUT2D eigenvalue weighted by Gasteiger charge is 2.02. The Balaban J connectivity index is 1.44. The van der Waals surface area contributed by atoms with E-state index in [-0.39, 0.29) is 5.97 Å².